The van der Waals surface area contributed by atoms with Crippen LogP contribution in [-0.4, -0.2) is 46.1 Å². The van der Waals surface area contributed by atoms with Crippen molar-refractivity contribution in [2.45, 2.75) is 49.2 Å². The highest BCUT2D eigenvalue weighted by molar-refractivity contribution is 6.31. The number of nitro groups is 1. The van der Waals surface area contributed by atoms with Gasteiger partial charge in [0.15, 0.2) is 0 Å². The molecule has 0 bridgehead atoms. The number of nitrogens with one attached hydrogen (secondary N) is 1. The molecule has 3 aliphatic rings. The van der Waals surface area contributed by atoms with Gasteiger partial charge in [-0.15, -0.1) is 0 Å². The largest absolute Gasteiger partial charge is 0.396 e. The van der Waals surface area contributed by atoms with Crippen LogP contribution < -0.4 is 5.32 Å². The molecule has 2 aromatic carbocycles. The summed E-state index contributed by atoms with van der Waals surface area (Å²) in [6.45, 7) is 0.134. The van der Waals surface area contributed by atoms with Gasteiger partial charge in [0, 0.05) is 39.9 Å². The number of hydrogen-bond donors (Lipinski definition) is 2. The molecule has 1 spiro atoms. The third kappa shape index (κ3) is 3.34. The van der Waals surface area contributed by atoms with E-state index >= 15 is 4.39 Å². The average Bonchev–Trinajstić information content (AvgIpc) is 3.19. The quantitative estimate of drug-likeness (QED) is 0.440. The maximum Gasteiger partial charge on any atom is 0.250 e. The van der Waals surface area contributed by atoms with Gasteiger partial charge in [0.25, 0.3) is 5.91 Å². The molecule has 2 heterocycles. The molecule has 34 heavy (non-hydrogen) atoms. The SMILES string of the molecule is O=C1Nc2cc(Cl)ccc2[C@@]12[C@@H](c1cccc(Cl)c1F)[C@H]([N+](=O)[O-])[C@H](CCO)N2CC1CCC1. The summed E-state index contributed by atoms with van der Waals surface area (Å²) in [7, 11) is 0. The standard InChI is InChI=1S/C24H24Cl2FN3O4/c25-14-7-8-16-18(11-14)28-23(32)24(16)20(15-5-2-6-17(26)21(15)27)22(30(33)34)19(9-10-31)29(24)12-13-3-1-4-13/h2,5-8,11,13,19-20,22,31H,1,3-4,9-10,12H2,(H,28,32)/t19-,20-,22+,24+/m0/s1. The van der Waals surface area contributed by atoms with E-state index in [0.717, 1.165) is 19.3 Å². The number of carbonyl (C=O) groups excluding carboxylic acids is 1. The van der Waals surface area contributed by atoms with Crippen molar-refractivity contribution in [1.29, 1.82) is 0 Å². The van der Waals surface area contributed by atoms with Gasteiger partial charge in [-0.1, -0.05) is 47.8 Å². The van der Waals surface area contributed by atoms with E-state index in [0.29, 0.717) is 22.8 Å². The first-order valence-electron chi connectivity index (χ1n) is 11.4. The fraction of sp³-hybridized carbons (Fsp3) is 0.458. The summed E-state index contributed by atoms with van der Waals surface area (Å²) in [5.74, 6) is -2.14. The van der Waals surface area contributed by atoms with Gasteiger partial charge >= 0.3 is 0 Å². The first kappa shape index (κ1) is 23.5. The summed E-state index contributed by atoms with van der Waals surface area (Å²) in [4.78, 5) is 27.9. The molecule has 2 aromatic rings. The molecule has 0 aromatic heterocycles. The predicted molar refractivity (Wildman–Crippen MR) is 126 cm³/mol. The third-order valence-electron chi connectivity index (χ3n) is 7.69. The zero-order chi connectivity index (χ0) is 24.2. The van der Waals surface area contributed by atoms with Crippen molar-refractivity contribution in [2.24, 2.45) is 5.92 Å². The van der Waals surface area contributed by atoms with E-state index in [2.05, 4.69) is 5.32 Å². The molecule has 4 atom stereocenters. The van der Waals surface area contributed by atoms with Gasteiger partial charge in [-0.2, -0.15) is 0 Å². The first-order valence-corrected chi connectivity index (χ1v) is 12.1. The van der Waals surface area contributed by atoms with Gasteiger partial charge in [-0.3, -0.25) is 19.8 Å². The second-order valence-corrected chi connectivity index (χ2v) is 10.2. The molecular weight excluding hydrogens is 484 g/mol. The molecule has 1 amide bonds. The highest BCUT2D eigenvalue weighted by atomic mass is 35.5. The number of benzene rings is 2. The number of nitrogens with zero attached hydrogens (tertiary/aromatic N) is 2. The van der Waals surface area contributed by atoms with Crippen LogP contribution in [0.4, 0.5) is 10.1 Å². The van der Waals surface area contributed by atoms with Crippen LogP contribution in [0.5, 0.6) is 0 Å². The number of aliphatic hydroxyl groups excluding tert-OH is 1. The Kier molecular flexibility index (Phi) is 6.04. The molecule has 0 unspecified atom stereocenters. The summed E-state index contributed by atoms with van der Waals surface area (Å²) >= 11 is 12.3. The Hall–Kier alpha value is -2.26. The predicted octanol–water partition coefficient (Wildman–Crippen LogP) is 4.58. The van der Waals surface area contributed by atoms with E-state index in [1.165, 1.54) is 18.2 Å². The van der Waals surface area contributed by atoms with Crippen molar-refractivity contribution in [3.05, 3.63) is 73.5 Å². The van der Waals surface area contributed by atoms with Gasteiger partial charge in [-0.05, 0) is 43.4 Å². The Labute approximate surface area is 206 Å². The van der Waals surface area contributed by atoms with Crippen molar-refractivity contribution in [3.8, 4) is 0 Å². The molecule has 5 rings (SSSR count). The second-order valence-electron chi connectivity index (χ2n) is 9.34. The van der Waals surface area contributed by atoms with E-state index in [1.54, 1.807) is 18.2 Å². The van der Waals surface area contributed by atoms with Gasteiger partial charge in [0.2, 0.25) is 6.04 Å². The monoisotopic (exact) mass is 507 g/mol. The molecule has 0 radical (unpaired) electrons. The number of rotatable bonds is 6. The summed E-state index contributed by atoms with van der Waals surface area (Å²) < 4.78 is 15.5. The molecule has 1 saturated heterocycles. The van der Waals surface area contributed by atoms with E-state index in [4.69, 9.17) is 23.2 Å². The first-order chi connectivity index (χ1) is 16.3. The van der Waals surface area contributed by atoms with Crippen molar-refractivity contribution < 1.29 is 19.2 Å². The van der Waals surface area contributed by atoms with Crippen molar-refractivity contribution in [3.63, 3.8) is 0 Å². The van der Waals surface area contributed by atoms with Gasteiger partial charge in [0.1, 0.15) is 11.4 Å². The molecule has 10 heteroatoms. The van der Waals surface area contributed by atoms with E-state index in [9.17, 15) is 20.0 Å². The minimum atomic E-state index is -1.54. The van der Waals surface area contributed by atoms with Crippen molar-refractivity contribution >= 4 is 34.8 Å². The Bertz CT molecular complexity index is 1160. The number of carbonyl (C=O) groups is 1. The lowest BCUT2D eigenvalue weighted by atomic mass is 9.73. The van der Waals surface area contributed by atoms with Crippen molar-refractivity contribution in [1.82, 2.24) is 4.90 Å². The van der Waals surface area contributed by atoms with Crippen LogP contribution >= 0.6 is 23.2 Å². The topological polar surface area (TPSA) is 95.7 Å². The van der Waals surface area contributed by atoms with Crippen LogP contribution in [0.25, 0.3) is 0 Å². The second kappa shape index (κ2) is 8.75. The van der Waals surface area contributed by atoms with Crippen LogP contribution in [0.1, 0.15) is 42.7 Å². The minimum absolute atomic E-state index is 0.0196. The highest BCUT2D eigenvalue weighted by Crippen LogP contribution is 2.59. The Morgan fingerprint density at radius 1 is 1.26 bits per heavy atom. The average molecular weight is 508 g/mol. The Morgan fingerprint density at radius 3 is 2.68 bits per heavy atom. The number of anilines is 1. The normalized spacial score (nSPS) is 28.7. The van der Waals surface area contributed by atoms with Gasteiger partial charge < -0.3 is 10.4 Å². The molecule has 2 N–H and O–H groups in total. The molecule has 7 nitrogen and oxygen atoms in total. The van der Waals surface area contributed by atoms with Gasteiger partial charge in [-0.25, -0.2) is 4.39 Å². The van der Waals surface area contributed by atoms with Crippen LogP contribution in [0, 0.1) is 21.8 Å². The van der Waals surface area contributed by atoms with Crippen LogP contribution in [0.15, 0.2) is 36.4 Å². The van der Waals surface area contributed by atoms with E-state index in [1.807, 2.05) is 4.90 Å². The van der Waals surface area contributed by atoms with E-state index < -0.39 is 40.2 Å². The lowest BCUT2D eigenvalue weighted by Crippen LogP contribution is -2.54. The molecular formula is C24H24Cl2FN3O4. The van der Waals surface area contributed by atoms with Crippen LogP contribution in [-0.2, 0) is 10.3 Å². The zero-order valence-electron chi connectivity index (χ0n) is 18.2. The van der Waals surface area contributed by atoms with Crippen LogP contribution in [0.3, 0.4) is 0 Å². The summed E-state index contributed by atoms with van der Waals surface area (Å²) in [5, 5.41) is 25.6. The number of likely N-dealkylation sites (tertiary alicyclic amines) is 1. The maximum atomic E-state index is 15.5. The molecule has 1 saturated carbocycles. The summed E-state index contributed by atoms with van der Waals surface area (Å²) in [6.07, 6.45) is 3.04. The number of fused-ring (bicyclic) bond motifs is 2. The number of hydrogen-bond acceptors (Lipinski definition) is 5. The third-order valence-corrected chi connectivity index (χ3v) is 8.22. The summed E-state index contributed by atoms with van der Waals surface area (Å²) in [6, 6.07) is 7.20. The minimum Gasteiger partial charge on any atom is -0.396 e. The zero-order valence-corrected chi connectivity index (χ0v) is 19.7. The summed E-state index contributed by atoms with van der Waals surface area (Å²) in [5.41, 5.74) is -0.544. The molecule has 2 fully saturated rings. The highest BCUT2D eigenvalue weighted by Gasteiger charge is 2.71. The molecule has 2 aliphatic heterocycles. The number of amides is 1. The lowest BCUT2D eigenvalue weighted by molar-refractivity contribution is -0.528. The Balaban J connectivity index is 1.82. The van der Waals surface area contributed by atoms with E-state index in [-0.39, 0.29) is 29.5 Å². The number of halogens is 3. The molecule has 180 valence electrons. The molecule has 1 aliphatic carbocycles. The fourth-order valence-electron chi connectivity index (χ4n) is 6.10. The van der Waals surface area contributed by atoms with Crippen LogP contribution in [0.2, 0.25) is 10.0 Å². The fourth-order valence-corrected chi connectivity index (χ4v) is 6.46. The maximum absolute atomic E-state index is 15.5. The number of aliphatic hydroxyl groups is 1. The lowest BCUT2D eigenvalue weighted by Gasteiger charge is -2.42. The van der Waals surface area contributed by atoms with Gasteiger partial charge in [0.05, 0.1) is 17.0 Å². The Morgan fingerprint density at radius 2 is 2.03 bits per heavy atom. The van der Waals surface area contributed by atoms with Crippen molar-refractivity contribution in [2.75, 3.05) is 18.5 Å². The smallest absolute Gasteiger partial charge is 0.250 e.